The van der Waals surface area contributed by atoms with Crippen LogP contribution in [-0.2, 0) is 7.05 Å². The number of carbonyl (C=O) groups is 1. The zero-order valence-corrected chi connectivity index (χ0v) is 12.1. The first-order valence-electron chi connectivity index (χ1n) is 6.93. The molecule has 2 heterocycles. The van der Waals surface area contributed by atoms with E-state index < -0.39 is 12.2 Å². The van der Waals surface area contributed by atoms with Gasteiger partial charge in [-0.05, 0) is 30.7 Å². The molecule has 0 radical (unpaired) electrons. The fraction of sp³-hybridized carbons (Fsp3) is 0.643. The lowest BCUT2D eigenvalue weighted by Crippen LogP contribution is -2.38. The highest BCUT2D eigenvalue weighted by Gasteiger charge is 2.42. The molecule has 1 aromatic heterocycles. The first-order valence-corrected chi connectivity index (χ1v) is 7.30. The maximum Gasteiger partial charge on any atom is 0.270 e. The predicted octanol–water partition coefficient (Wildman–Crippen LogP) is 0.882. The molecular formula is C14H19ClN2O3. The van der Waals surface area contributed by atoms with Crippen LogP contribution in [0.2, 0.25) is 5.02 Å². The number of rotatable bonds is 1. The van der Waals surface area contributed by atoms with Crippen molar-refractivity contribution in [3.8, 4) is 0 Å². The minimum atomic E-state index is -0.657. The number of halogens is 1. The van der Waals surface area contributed by atoms with Crippen LogP contribution in [0.25, 0.3) is 0 Å². The van der Waals surface area contributed by atoms with Crippen LogP contribution >= 0.6 is 11.6 Å². The van der Waals surface area contributed by atoms with Crippen molar-refractivity contribution < 1.29 is 15.0 Å². The average molecular weight is 299 g/mol. The van der Waals surface area contributed by atoms with Crippen molar-refractivity contribution in [3.63, 3.8) is 0 Å². The van der Waals surface area contributed by atoms with Crippen molar-refractivity contribution in [1.82, 2.24) is 9.47 Å². The summed E-state index contributed by atoms with van der Waals surface area (Å²) in [6.07, 6.45) is 1.55. The molecule has 2 N–H and O–H groups in total. The maximum absolute atomic E-state index is 12.5. The molecule has 4 atom stereocenters. The van der Waals surface area contributed by atoms with Crippen molar-refractivity contribution in [2.24, 2.45) is 18.9 Å². The summed E-state index contributed by atoms with van der Waals surface area (Å²) in [5.74, 6) is 0.541. The van der Waals surface area contributed by atoms with Gasteiger partial charge in [-0.1, -0.05) is 11.6 Å². The van der Waals surface area contributed by atoms with E-state index in [1.165, 1.54) is 0 Å². The fourth-order valence-corrected chi connectivity index (χ4v) is 3.72. The quantitative estimate of drug-likeness (QED) is 0.809. The Morgan fingerprint density at radius 2 is 1.80 bits per heavy atom. The van der Waals surface area contributed by atoms with Gasteiger partial charge in [0.25, 0.3) is 5.91 Å². The molecule has 3 rings (SSSR count). The highest BCUT2D eigenvalue weighted by Crippen LogP contribution is 2.37. The van der Waals surface area contributed by atoms with Gasteiger partial charge in [0.05, 0.1) is 17.2 Å². The summed E-state index contributed by atoms with van der Waals surface area (Å²) in [6.45, 7) is 1.30. The Morgan fingerprint density at radius 3 is 2.25 bits per heavy atom. The van der Waals surface area contributed by atoms with E-state index in [-0.39, 0.29) is 17.7 Å². The largest absolute Gasteiger partial charge is 0.390 e. The van der Waals surface area contributed by atoms with E-state index in [1.807, 2.05) is 4.90 Å². The third kappa shape index (κ3) is 2.34. The molecule has 1 aromatic rings. The number of fused-ring (bicyclic) bond motifs is 1. The summed E-state index contributed by atoms with van der Waals surface area (Å²) in [7, 11) is 1.80. The van der Waals surface area contributed by atoms with Gasteiger partial charge in [0.15, 0.2) is 0 Å². The van der Waals surface area contributed by atoms with Crippen LogP contribution in [0.3, 0.4) is 0 Å². The molecule has 0 spiro atoms. The number of aliphatic hydroxyl groups excluding tert-OH is 2. The Kier molecular flexibility index (Phi) is 3.52. The number of hydrogen-bond donors (Lipinski definition) is 2. The zero-order chi connectivity index (χ0) is 14.4. The van der Waals surface area contributed by atoms with Crippen LogP contribution in [-0.4, -0.2) is 50.9 Å². The number of aliphatic hydroxyl groups is 2. The van der Waals surface area contributed by atoms with Gasteiger partial charge in [0.1, 0.15) is 5.69 Å². The molecule has 1 aliphatic heterocycles. The van der Waals surface area contributed by atoms with E-state index >= 15 is 0 Å². The molecule has 1 aliphatic carbocycles. The Bertz CT molecular complexity index is 512. The maximum atomic E-state index is 12.5. The molecular weight excluding hydrogens is 280 g/mol. The normalized spacial score (nSPS) is 33.3. The molecule has 0 bridgehead atoms. The van der Waals surface area contributed by atoms with Gasteiger partial charge in [0, 0.05) is 26.3 Å². The molecule has 1 saturated heterocycles. The van der Waals surface area contributed by atoms with Crippen LogP contribution < -0.4 is 0 Å². The highest BCUT2D eigenvalue weighted by molar-refractivity contribution is 6.31. The molecule has 6 heteroatoms. The first-order chi connectivity index (χ1) is 9.45. The molecule has 0 unspecified atom stereocenters. The zero-order valence-electron chi connectivity index (χ0n) is 11.4. The predicted molar refractivity (Wildman–Crippen MR) is 74.6 cm³/mol. The minimum Gasteiger partial charge on any atom is -0.390 e. The lowest BCUT2D eigenvalue weighted by atomic mass is 9.79. The second-order valence-corrected chi connectivity index (χ2v) is 6.43. The van der Waals surface area contributed by atoms with E-state index in [9.17, 15) is 15.0 Å². The number of nitrogens with zero attached hydrogens (tertiary/aromatic N) is 2. The van der Waals surface area contributed by atoms with Crippen molar-refractivity contribution in [1.29, 1.82) is 0 Å². The molecule has 20 heavy (non-hydrogen) atoms. The topological polar surface area (TPSA) is 65.7 Å². The van der Waals surface area contributed by atoms with E-state index in [2.05, 4.69) is 0 Å². The number of aryl methyl sites for hydroxylation is 1. The van der Waals surface area contributed by atoms with Crippen molar-refractivity contribution in [3.05, 3.63) is 23.0 Å². The number of likely N-dealkylation sites (tertiary alicyclic amines) is 1. The summed E-state index contributed by atoms with van der Waals surface area (Å²) >= 11 is 5.92. The third-order valence-electron chi connectivity index (χ3n) is 4.59. The average Bonchev–Trinajstić information content (AvgIpc) is 2.92. The summed E-state index contributed by atoms with van der Waals surface area (Å²) in [6, 6.07) is 1.68. The van der Waals surface area contributed by atoms with Gasteiger partial charge in [-0.3, -0.25) is 4.79 Å². The Morgan fingerprint density at radius 1 is 1.25 bits per heavy atom. The van der Waals surface area contributed by atoms with Crippen LogP contribution in [0.5, 0.6) is 0 Å². The molecule has 110 valence electrons. The van der Waals surface area contributed by atoms with Crippen molar-refractivity contribution in [2.75, 3.05) is 13.1 Å². The fourth-order valence-electron chi connectivity index (χ4n) is 3.47. The van der Waals surface area contributed by atoms with E-state index in [4.69, 9.17) is 11.6 Å². The molecule has 2 aliphatic rings. The Hall–Kier alpha value is -1.04. The highest BCUT2D eigenvalue weighted by atomic mass is 35.5. The van der Waals surface area contributed by atoms with E-state index in [1.54, 1.807) is 23.9 Å². The van der Waals surface area contributed by atoms with Crippen LogP contribution in [0.4, 0.5) is 0 Å². The number of amides is 1. The third-order valence-corrected chi connectivity index (χ3v) is 4.79. The number of aromatic nitrogens is 1. The first kappa shape index (κ1) is 13.9. The summed E-state index contributed by atoms with van der Waals surface area (Å²) < 4.78 is 1.73. The Balaban J connectivity index is 1.74. The lowest BCUT2D eigenvalue weighted by Gasteiger charge is -2.31. The molecule has 2 fully saturated rings. The minimum absolute atomic E-state index is 0.0298. The molecule has 1 amide bonds. The number of hydrogen-bond acceptors (Lipinski definition) is 3. The van der Waals surface area contributed by atoms with Crippen LogP contribution in [0, 0.1) is 11.8 Å². The number of carbonyl (C=O) groups excluding carboxylic acids is 1. The molecule has 0 aromatic carbocycles. The lowest BCUT2D eigenvalue weighted by molar-refractivity contribution is -0.0372. The SMILES string of the molecule is Cn1cc(Cl)cc1C(=O)N1C[C@H]2C[C@H](O)[C@@H](O)C[C@H]2C1. The summed E-state index contributed by atoms with van der Waals surface area (Å²) in [4.78, 5) is 14.3. The molecule has 5 nitrogen and oxygen atoms in total. The summed E-state index contributed by atoms with van der Waals surface area (Å²) in [5, 5.41) is 20.0. The van der Waals surface area contributed by atoms with Gasteiger partial charge >= 0.3 is 0 Å². The van der Waals surface area contributed by atoms with Gasteiger partial charge in [0.2, 0.25) is 0 Å². The van der Waals surface area contributed by atoms with Gasteiger partial charge in [-0.2, -0.15) is 0 Å². The molecule has 1 saturated carbocycles. The van der Waals surface area contributed by atoms with Crippen LogP contribution in [0.1, 0.15) is 23.3 Å². The van der Waals surface area contributed by atoms with Crippen molar-refractivity contribution in [2.45, 2.75) is 25.0 Å². The van der Waals surface area contributed by atoms with Gasteiger partial charge < -0.3 is 19.7 Å². The standard InChI is InChI=1S/C14H19ClN2O3/c1-16-7-10(15)4-11(16)14(20)17-5-8-2-12(18)13(19)3-9(8)6-17/h4,7-9,12-13,18-19H,2-3,5-6H2,1H3/t8-,9+,12-,13-/m0/s1. The van der Waals surface area contributed by atoms with E-state index in [0.717, 1.165) is 0 Å². The second-order valence-electron chi connectivity index (χ2n) is 5.99. The summed E-state index contributed by atoms with van der Waals surface area (Å²) in [5.41, 5.74) is 0.578. The smallest absolute Gasteiger partial charge is 0.270 e. The van der Waals surface area contributed by atoms with Crippen molar-refractivity contribution >= 4 is 17.5 Å². The van der Waals surface area contributed by atoms with Crippen LogP contribution in [0.15, 0.2) is 12.3 Å². The van der Waals surface area contributed by atoms with E-state index in [0.29, 0.717) is 36.6 Å². The monoisotopic (exact) mass is 298 g/mol. The van der Waals surface area contributed by atoms with Gasteiger partial charge in [-0.25, -0.2) is 0 Å². The van der Waals surface area contributed by atoms with Gasteiger partial charge in [-0.15, -0.1) is 0 Å². The Labute approximate surface area is 122 Å². The second kappa shape index (κ2) is 5.06.